The molecule has 2 fully saturated rings. The standard InChI is InChI=1S/C12H14N4OS/c1-2-9(18-5-1)11-14-10(15-16-11)8-6-17-12(13-8)7-3-4-7/h6-7,9H,1-5H2,(H,14,15,16). The van der Waals surface area contributed by atoms with Crippen LogP contribution in [0.2, 0.25) is 0 Å². The highest BCUT2D eigenvalue weighted by Crippen LogP contribution is 2.40. The first-order valence-corrected chi connectivity index (χ1v) is 7.45. The average molecular weight is 262 g/mol. The summed E-state index contributed by atoms with van der Waals surface area (Å²) in [4.78, 5) is 9.01. The van der Waals surface area contributed by atoms with Crippen molar-refractivity contribution in [3.8, 4) is 11.5 Å². The molecule has 5 nitrogen and oxygen atoms in total. The van der Waals surface area contributed by atoms with E-state index in [-0.39, 0.29) is 0 Å². The third kappa shape index (κ3) is 1.84. The fourth-order valence-corrected chi connectivity index (χ4v) is 3.45. The number of hydrogen-bond acceptors (Lipinski definition) is 5. The van der Waals surface area contributed by atoms with E-state index < -0.39 is 0 Å². The topological polar surface area (TPSA) is 67.6 Å². The fraction of sp³-hybridized carbons (Fsp3) is 0.583. The monoisotopic (exact) mass is 262 g/mol. The van der Waals surface area contributed by atoms with Crippen LogP contribution >= 0.6 is 11.8 Å². The summed E-state index contributed by atoms with van der Waals surface area (Å²) in [5.41, 5.74) is 0.752. The summed E-state index contributed by atoms with van der Waals surface area (Å²) < 4.78 is 5.47. The van der Waals surface area contributed by atoms with E-state index in [1.807, 2.05) is 11.8 Å². The van der Waals surface area contributed by atoms with Crippen LogP contribution in [-0.4, -0.2) is 25.9 Å². The number of rotatable bonds is 3. The van der Waals surface area contributed by atoms with Gasteiger partial charge in [-0.1, -0.05) is 0 Å². The quantitative estimate of drug-likeness (QED) is 0.921. The molecule has 1 N–H and O–H groups in total. The third-order valence-corrected chi connectivity index (χ3v) is 4.80. The molecule has 1 aliphatic heterocycles. The lowest BCUT2D eigenvalue weighted by atomic mass is 10.2. The van der Waals surface area contributed by atoms with Crippen molar-refractivity contribution in [2.75, 3.05) is 5.75 Å². The first kappa shape index (κ1) is 10.6. The Morgan fingerprint density at radius 2 is 2.22 bits per heavy atom. The third-order valence-electron chi connectivity index (χ3n) is 3.42. The number of hydrogen-bond donors (Lipinski definition) is 1. The molecule has 0 aromatic carbocycles. The first-order valence-electron chi connectivity index (χ1n) is 6.40. The number of aromatic nitrogens is 4. The normalized spacial score (nSPS) is 23.7. The van der Waals surface area contributed by atoms with Crippen molar-refractivity contribution >= 4 is 11.8 Å². The molecule has 1 saturated heterocycles. The van der Waals surface area contributed by atoms with Crippen molar-refractivity contribution in [1.82, 2.24) is 20.2 Å². The molecule has 1 saturated carbocycles. The van der Waals surface area contributed by atoms with Crippen molar-refractivity contribution in [3.05, 3.63) is 18.0 Å². The summed E-state index contributed by atoms with van der Waals surface area (Å²) in [5, 5.41) is 7.76. The van der Waals surface area contributed by atoms with Crippen molar-refractivity contribution in [1.29, 1.82) is 0 Å². The molecule has 1 unspecified atom stereocenters. The molecule has 2 aromatic heterocycles. The Morgan fingerprint density at radius 1 is 1.28 bits per heavy atom. The lowest BCUT2D eigenvalue weighted by Crippen LogP contribution is -1.91. The van der Waals surface area contributed by atoms with E-state index in [2.05, 4.69) is 20.2 Å². The van der Waals surface area contributed by atoms with Crippen LogP contribution in [0.25, 0.3) is 11.5 Å². The number of H-pyrrole nitrogens is 1. The molecule has 0 bridgehead atoms. The van der Waals surface area contributed by atoms with Gasteiger partial charge in [0.05, 0.1) is 5.25 Å². The molecule has 18 heavy (non-hydrogen) atoms. The summed E-state index contributed by atoms with van der Waals surface area (Å²) in [5.74, 6) is 4.22. The Hall–Kier alpha value is -1.30. The second-order valence-electron chi connectivity index (χ2n) is 4.89. The highest BCUT2D eigenvalue weighted by molar-refractivity contribution is 7.99. The number of nitrogens with zero attached hydrogens (tertiary/aromatic N) is 3. The molecule has 2 aromatic rings. The summed E-state index contributed by atoms with van der Waals surface area (Å²) >= 11 is 1.95. The van der Waals surface area contributed by atoms with Crippen LogP contribution in [0.4, 0.5) is 0 Å². The van der Waals surface area contributed by atoms with Crippen LogP contribution in [0.15, 0.2) is 10.7 Å². The van der Waals surface area contributed by atoms with Gasteiger partial charge in [0, 0.05) is 5.92 Å². The van der Waals surface area contributed by atoms with Gasteiger partial charge in [0.15, 0.2) is 5.89 Å². The molecular weight excluding hydrogens is 248 g/mol. The Kier molecular flexibility index (Phi) is 2.43. The van der Waals surface area contributed by atoms with Gasteiger partial charge in [0.2, 0.25) is 5.82 Å². The Balaban J connectivity index is 1.59. The van der Waals surface area contributed by atoms with E-state index in [9.17, 15) is 0 Å². The largest absolute Gasteiger partial charge is 0.448 e. The van der Waals surface area contributed by atoms with E-state index in [1.54, 1.807) is 6.26 Å². The summed E-state index contributed by atoms with van der Waals surface area (Å²) in [6, 6.07) is 0. The number of oxazole rings is 1. The molecule has 94 valence electrons. The Labute approximate surface area is 109 Å². The van der Waals surface area contributed by atoms with Gasteiger partial charge in [-0.3, -0.25) is 5.10 Å². The highest BCUT2D eigenvalue weighted by Gasteiger charge is 2.29. The minimum Gasteiger partial charge on any atom is -0.448 e. The minimum absolute atomic E-state index is 0.473. The smallest absolute Gasteiger partial charge is 0.203 e. The van der Waals surface area contributed by atoms with E-state index in [4.69, 9.17) is 4.42 Å². The molecule has 0 radical (unpaired) electrons. The van der Waals surface area contributed by atoms with Crippen LogP contribution < -0.4 is 0 Å². The van der Waals surface area contributed by atoms with Crippen LogP contribution in [0.1, 0.15) is 48.6 Å². The second-order valence-corrected chi connectivity index (χ2v) is 6.20. The molecule has 6 heteroatoms. The molecule has 1 aliphatic carbocycles. The predicted molar refractivity (Wildman–Crippen MR) is 68.3 cm³/mol. The van der Waals surface area contributed by atoms with Crippen LogP contribution in [0.5, 0.6) is 0 Å². The van der Waals surface area contributed by atoms with E-state index in [1.165, 1.54) is 31.4 Å². The molecule has 2 aliphatic rings. The Morgan fingerprint density at radius 3 is 3.00 bits per heavy atom. The minimum atomic E-state index is 0.473. The van der Waals surface area contributed by atoms with Gasteiger partial charge in [-0.15, -0.1) is 0 Å². The van der Waals surface area contributed by atoms with Gasteiger partial charge in [-0.05, 0) is 31.4 Å². The molecule has 3 heterocycles. The van der Waals surface area contributed by atoms with Gasteiger partial charge >= 0.3 is 0 Å². The summed E-state index contributed by atoms with van der Waals surface area (Å²) in [6.45, 7) is 0. The van der Waals surface area contributed by atoms with Crippen molar-refractivity contribution in [3.63, 3.8) is 0 Å². The molecule has 4 rings (SSSR count). The average Bonchev–Trinajstić information content (AvgIpc) is 2.91. The zero-order valence-electron chi connectivity index (χ0n) is 9.93. The maximum absolute atomic E-state index is 5.47. The molecule has 1 atom stereocenters. The lowest BCUT2D eigenvalue weighted by molar-refractivity contribution is 0.497. The lowest BCUT2D eigenvalue weighted by Gasteiger charge is -2.00. The number of thioether (sulfide) groups is 1. The van der Waals surface area contributed by atoms with Gasteiger partial charge in [0.1, 0.15) is 17.8 Å². The zero-order chi connectivity index (χ0) is 11.9. The van der Waals surface area contributed by atoms with Crippen LogP contribution in [-0.2, 0) is 0 Å². The van der Waals surface area contributed by atoms with E-state index >= 15 is 0 Å². The second kappa shape index (κ2) is 4.12. The van der Waals surface area contributed by atoms with Gasteiger partial charge < -0.3 is 4.42 Å². The van der Waals surface area contributed by atoms with Gasteiger partial charge in [0.25, 0.3) is 0 Å². The summed E-state index contributed by atoms with van der Waals surface area (Å²) in [7, 11) is 0. The SMILES string of the molecule is c1oc(C2CC2)nc1-c1n[nH]c(C2CCCS2)n1. The molecular formula is C12H14N4OS. The number of aromatic amines is 1. The zero-order valence-corrected chi connectivity index (χ0v) is 10.7. The number of nitrogens with one attached hydrogen (secondary N) is 1. The van der Waals surface area contributed by atoms with E-state index in [0.717, 1.165) is 17.4 Å². The van der Waals surface area contributed by atoms with Crippen LogP contribution in [0, 0.1) is 0 Å². The van der Waals surface area contributed by atoms with E-state index in [0.29, 0.717) is 17.0 Å². The fourth-order valence-electron chi connectivity index (χ4n) is 2.23. The van der Waals surface area contributed by atoms with Crippen molar-refractivity contribution < 1.29 is 4.42 Å². The molecule has 0 amide bonds. The highest BCUT2D eigenvalue weighted by atomic mass is 32.2. The van der Waals surface area contributed by atoms with Gasteiger partial charge in [-0.25, -0.2) is 9.97 Å². The summed E-state index contributed by atoms with van der Waals surface area (Å²) in [6.07, 6.45) is 6.50. The maximum Gasteiger partial charge on any atom is 0.203 e. The predicted octanol–water partition coefficient (Wildman–Crippen LogP) is 2.91. The van der Waals surface area contributed by atoms with Crippen LogP contribution in [0.3, 0.4) is 0 Å². The van der Waals surface area contributed by atoms with Crippen molar-refractivity contribution in [2.24, 2.45) is 0 Å². The van der Waals surface area contributed by atoms with Gasteiger partial charge in [-0.2, -0.15) is 16.9 Å². The first-order chi connectivity index (χ1) is 8.90. The molecule has 0 spiro atoms. The Bertz CT molecular complexity index is 554. The maximum atomic E-state index is 5.47. The van der Waals surface area contributed by atoms with Crippen molar-refractivity contribution in [2.45, 2.75) is 36.9 Å².